The number of hydrogen-bond acceptors (Lipinski definition) is 2. The predicted molar refractivity (Wildman–Crippen MR) is 27.1 cm³/mol. The molecule has 1 aromatic heterocycles. The van der Waals surface area contributed by atoms with Crippen LogP contribution in [-0.2, 0) is 0 Å². The van der Waals surface area contributed by atoms with Crippen LogP contribution in [0.5, 0.6) is 0 Å². The van der Waals surface area contributed by atoms with Gasteiger partial charge in [-0.15, -0.1) is 0 Å². The van der Waals surface area contributed by atoms with Gasteiger partial charge in [-0.2, -0.15) is 4.39 Å². The summed E-state index contributed by atoms with van der Waals surface area (Å²) in [6.07, 6.45) is 1.28. The molecule has 0 aliphatic carbocycles. The lowest BCUT2D eigenvalue weighted by Gasteiger charge is -1.62. The number of aromatic nitrogens is 1. The zero-order valence-corrected chi connectivity index (χ0v) is 4.76. The van der Waals surface area contributed by atoms with Gasteiger partial charge in [0.15, 0.2) is 0 Å². The van der Waals surface area contributed by atoms with E-state index < -0.39 is 5.26 Å². The Morgan fingerprint density at radius 2 is 2.57 bits per heavy atom. The number of hydrogen-bond donors (Lipinski definition) is 0. The highest BCUT2D eigenvalue weighted by Gasteiger charge is 1.92. The summed E-state index contributed by atoms with van der Waals surface area (Å²) < 4.78 is 12.1. The quantitative estimate of drug-likeness (QED) is 0.533. The van der Waals surface area contributed by atoms with Crippen LogP contribution in [0.1, 0.15) is 0 Å². The van der Waals surface area contributed by atoms with Crippen LogP contribution in [0.25, 0.3) is 0 Å². The smallest absolute Gasteiger partial charge is 0.216 e. The minimum atomic E-state index is -0.481. The van der Waals surface area contributed by atoms with Crippen molar-refractivity contribution in [3.8, 4) is 0 Å². The van der Waals surface area contributed by atoms with E-state index in [1.807, 2.05) is 0 Å². The molecule has 0 aliphatic rings. The van der Waals surface area contributed by atoms with E-state index in [2.05, 4.69) is 4.98 Å². The van der Waals surface area contributed by atoms with E-state index in [-0.39, 0.29) is 0 Å². The molecule has 0 saturated carbocycles. The molecule has 0 amide bonds. The van der Waals surface area contributed by atoms with Crippen LogP contribution < -0.4 is 0 Å². The van der Waals surface area contributed by atoms with Gasteiger partial charge in [-0.3, -0.25) is 0 Å². The fourth-order valence-corrected chi connectivity index (χ4v) is 0.846. The molecular formula is C3HClFNS. The Morgan fingerprint density at radius 1 is 1.86 bits per heavy atom. The standard InChI is InChI=1S/C3HClFNS/c4-2-1-6-3(5)7-2/h1H. The molecule has 4 heteroatoms. The molecule has 7 heavy (non-hydrogen) atoms. The van der Waals surface area contributed by atoms with Gasteiger partial charge in [-0.25, -0.2) is 4.98 Å². The van der Waals surface area contributed by atoms with Crippen molar-refractivity contribution in [1.82, 2.24) is 4.98 Å². The van der Waals surface area contributed by atoms with Crippen molar-refractivity contribution in [2.24, 2.45) is 0 Å². The molecule has 0 saturated heterocycles. The minimum Gasteiger partial charge on any atom is -0.216 e. The number of halogens is 2. The van der Waals surface area contributed by atoms with E-state index in [0.717, 1.165) is 11.3 Å². The summed E-state index contributed by atoms with van der Waals surface area (Å²) in [5.41, 5.74) is 0. The third-order valence-electron chi connectivity index (χ3n) is 0.449. The molecule has 0 bridgehead atoms. The summed E-state index contributed by atoms with van der Waals surface area (Å²) in [6.45, 7) is 0. The first-order valence-electron chi connectivity index (χ1n) is 1.56. The molecule has 1 heterocycles. The molecule has 0 radical (unpaired) electrons. The Bertz CT molecular complexity index is 147. The highest BCUT2D eigenvalue weighted by molar-refractivity contribution is 7.14. The van der Waals surface area contributed by atoms with Gasteiger partial charge in [0.1, 0.15) is 4.34 Å². The Labute approximate surface area is 48.8 Å². The molecule has 0 aliphatic heterocycles. The average molecular weight is 138 g/mol. The van der Waals surface area contributed by atoms with Crippen molar-refractivity contribution in [3.63, 3.8) is 0 Å². The summed E-state index contributed by atoms with van der Waals surface area (Å²) in [7, 11) is 0. The molecule has 1 nitrogen and oxygen atoms in total. The van der Waals surface area contributed by atoms with Crippen molar-refractivity contribution >= 4 is 22.9 Å². The van der Waals surface area contributed by atoms with Crippen LogP contribution >= 0.6 is 22.9 Å². The molecule has 1 rings (SSSR count). The zero-order valence-electron chi connectivity index (χ0n) is 3.19. The van der Waals surface area contributed by atoms with Gasteiger partial charge in [-0.05, 0) is 0 Å². The summed E-state index contributed by atoms with van der Waals surface area (Å²) in [5, 5.41) is -0.481. The van der Waals surface area contributed by atoms with Crippen molar-refractivity contribution in [1.29, 1.82) is 0 Å². The zero-order chi connectivity index (χ0) is 5.28. The van der Waals surface area contributed by atoms with Crippen molar-refractivity contribution in [2.45, 2.75) is 0 Å². The second-order valence-corrected chi connectivity index (χ2v) is 2.53. The first kappa shape index (κ1) is 5.00. The molecule has 1 aromatic rings. The summed E-state index contributed by atoms with van der Waals surface area (Å²) in [4.78, 5) is 3.24. The van der Waals surface area contributed by atoms with Crippen LogP contribution in [-0.4, -0.2) is 4.98 Å². The Hall–Kier alpha value is -0.150. The first-order valence-corrected chi connectivity index (χ1v) is 2.75. The normalized spacial score (nSPS) is 9.43. The summed E-state index contributed by atoms with van der Waals surface area (Å²) >= 11 is 6.11. The van der Waals surface area contributed by atoms with Crippen LogP contribution in [0.4, 0.5) is 4.39 Å². The molecule has 0 atom stereocenters. The molecule has 0 N–H and O–H groups in total. The maximum Gasteiger partial charge on any atom is 0.270 e. The van der Waals surface area contributed by atoms with Gasteiger partial charge < -0.3 is 0 Å². The van der Waals surface area contributed by atoms with E-state index in [4.69, 9.17) is 11.6 Å². The van der Waals surface area contributed by atoms with E-state index >= 15 is 0 Å². The molecule has 0 fully saturated rings. The second kappa shape index (κ2) is 1.76. The average Bonchev–Trinajstić information content (AvgIpc) is 1.87. The van der Waals surface area contributed by atoms with E-state index in [0.29, 0.717) is 4.34 Å². The lowest BCUT2D eigenvalue weighted by atomic mass is 11.0. The second-order valence-electron chi connectivity index (χ2n) is 0.917. The fourth-order valence-electron chi connectivity index (χ4n) is 0.235. The van der Waals surface area contributed by atoms with Crippen molar-refractivity contribution < 1.29 is 4.39 Å². The molecule has 0 aromatic carbocycles. The van der Waals surface area contributed by atoms with E-state index in [9.17, 15) is 4.39 Å². The van der Waals surface area contributed by atoms with Crippen LogP contribution in [0.15, 0.2) is 6.20 Å². The summed E-state index contributed by atoms with van der Waals surface area (Å²) in [6, 6.07) is 0. The van der Waals surface area contributed by atoms with Crippen LogP contribution in [0.3, 0.4) is 0 Å². The molecule has 0 spiro atoms. The maximum atomic E-state index is 11.8. The van der Waals surface area contributed by atoms with Gasteiger partial charge in [-0.1, -0.05) is 22.9 Å². The number of nitrogens with zero attached hydrogens (tertiary/aromatic N) is 1. The van der Waals surface area contributed by atoms with E-state index in [1.54, 1.807) is 0 Å². The number of thiazole rings is 1. The van der Waals surface area contributed by atoms with Crippen molar-refractivity contribution in [2.75, 3.05) is 0 Å². The van der Waals surface area contributed by atoms with Crippen LogP contribution in [0.2, 0.25) is 4.34 Å². The van der Waals surface area contributed by atoms with Crippen LogP contribution in [0, 0.1) is 5.26 Å². The number of rotatable bonds is 0. The minimum absolute atomic E-state index is 0.387. The molecular weight excluding hydrogens is 137 g/mol. The Kier molecular flexibility index (Phi) is 1.25. The summed E-state index contributed by atoms with van der Waals surface area (Å²) in [5.74, 6) is 0. The van der Waals surface area contributed by atoms with Gasteiger partial charge in [0.2, 0.25) is 0 Å². The van der Waals surface area contributed by atoms with Gasteiger partial charge >= 0.3 is 0 Å². The van der Waals surface area contributed by atoms with Gasteiger partial charge in [0, 0.05) is 0 Å². The predicted octanol–water partition coefficient (Wildman–Crippen LogP) is 1.94. The largest absolute Gasteiger partial charge is 0.270 e. The SMILES string of the molecule is Fc1ncc(Cl)s1. The highest BCUT2D eigenvalue weighted by Crippen LogP contribution is 2.15. The maximum absolute atomic E-state index is 11.8. The lowest BCUT2D eigenvalue weighted by Crippen LogP contribution is -1.58. The topological polar surface area (TPSA) is 12.9 Å². The third kappa shape index (κ3) is 1.11. The highest BCUT2D eigenvalue weighted by atomic mass is 35.5. The Morgan fingerprint density at radius 3 is 2.71 bits per heavy atom. The van der Waals surface area contributed by atoms with Crippen molar-refractivity contribution in [3.05, 3.63) is 15.8 Å². The lowest BCUT2D eigenvalue weighted by molar-refractivity contribution is 0.617. The monoisotopic (exact) mass is 137 g/mol. The fraction of sp³-hybridized carbons (Fsp3) is 0. The third-order valence-corrected chi connectivity index (χ3v) is 1.35. The first-order chi connectivity index (χ1) is 3.29. The van der Waals surface area contributed by atoms with E-state index in [1.165, 1.54) is 6.20 Å². The van der Waals surface area contributed by atoms with Gasteiger partial charge in [0.05, 0.1) is 6.20 Å². The van der Waals surface area contributed by atoms with Gasteiger partial charge in [0.25, 0.3) is 5.26 Å². The molecule has 38 valence electrons. The Balaban J connectivity index is 3.04. The molecule has 0 unspecified atom stereocenters.